The fraction of sp³-hybridized carbons (Fsp3) is 0.818. The number of ether oxygens (including phenoxy) is 4. The van der Waals surface area contributed by atoms with E-state index in [0.29, 0.717) is 45.8 Å². The molecular weight excluding hydrogens is 1270 g/mol. The zero-order valence-corrected chi connectivity index (χ0v) is 60.2. The molecule has 29 nitrogen and oxygen atoms in total. The monoisotopic (exact) mass is 1390 g/mol. The minimum atomic E-state index is -1.76. The number of Topliss-reactive ketones (excluding diaryl/α,β-unsaturated/α-hetero) is 3. The number of hydrogen-bond donors (Lipinski definition) is 9. The van der Waals surface area contributed by atoms with Crippen molar-refractivity contribution in [3.05, 3.63) is 0 Å². The van der Waals surface area contributed by atoms with E-state index in [4.69, 9.17) is 18.9 Å². The Morgan fingerprint density at radius 1 is 0.361 bits per heavy atom. The SMILES string of the molecule is CCCCNC(=O)C(CC(=O)CC(NC(=O)C(CC(=O)CC(NC(=O)C(CC(=O)CC(C)C(=O)NCCOCCOC)CC(=O)NCCOCCOC)C(=O)NCCCC(C)F)CC(=O)NCCCC(C)F)C(=O)NCCN(C)CCN(C)C)CC(=O)NCCN(C)CCN(C)C. The molecule has 0 saturated carbocycles. The van der Waals surface area contributed by atoms with Gasteiger partial charge in [-0.15, -0.1) is 0 Å². The van der Waals surface area contributed by atoms with E-state index in [1.165, 1.54) is 35.0 Å². The summed E-state index contributed by atoms with van der Waals surface area (Å²) in [5.74, 6) is -14.2. The molecule has 560 valence electrons. The lowest BCUT2D eigenvalue weighted by Crippen LogP contribution is -2.52. The zero-order chi connectivity index (χ0) is 73.1. The summed E-state index contributed by atoms with van der Waals surface area (Å²) in [7, 11) is 14.4. The van der Waals surface area contributed by atoms with E-state index in [1.54, 1.807) is 0 Å². The molecule has 8 atom stereocenters. The van der Waals surface area contributed by atoms with Gasteiger partial charge in [0.25, 0.3) is 0 Å². The standard InChI is InChI=1S/C66H121F2N13O16/c1-13-14-19-72-62(89)50(42-59(86)70-22-26-80(9)30-28-78(5)6)39-54(83)45-57(66(93)74-23-27-81(10)31-29-79(7)8)77-64(91)52(43-58(85)69-20-15-17-48(3)67)41-55(84)46-56(65(92)73-21-16-18-49(4)68)76-63(90)51(44-60(87)71-24-32-96-36-34-94-11)40-53(82)38-47(2)61(88)75-25-33-97-37-35-95-12/h47-52,56-57H,13-46H2,1-12H3,(H,69,85)(H,70,86)(H,71,87)(H,72,89)(H,73,92)(H,74,93)(H,75,88)(H,76,90)(H,77,91). The van der Waals surface area contributed by atoms with Crippen LogP contribution in [-0.4, -0.2) is 296 Å². The number of unbranched alkanes of at least 4 members (excludes halogenated alkanes) is 1. The molecule has 0 saturated heterocycles. The molecule has 0 fully saturated rings. The molecule has 97 heavy (non-hydrogen) atoms. The lowest BCUT2D eigenvalue weighted by Gasteiger charge is -2.25. The number of hydrogen-bond acceptors (Lipinski definition) is 20. The number of halogens is 2. The molecular formula is C66H121F2N13O16. The second-order valence-electron chi connectivity index (χ2n) is 25.4. The van der Waals surface area contributed by atoms with Crippen molar-refractivity contribution in [1.82, 2.24) is 67.5 Å². The molecule has 0 aromatic heterocycles. The van der Waals surface area contributed by atoms with Crippen LogP contribution in [0.5, 0.6) is 0 Å². The zero-order valence-electron chi connectivity index (χ0n) is 60.2. The third kappa shape index (κ3) is 49.0. The largest absolute Gasteiger partial charge is 0.382 e. The van der Waals surface area contributed by atoms with Crippen molar-refractivity contribution >= 4 is 70.5 Å². The lowest BCUT2D eigenvalue weighted by molar-refractivity contribution is -0.138. The molecule has 0 radical (unpaired) electrons. The molecule has 0 aromatic rings. The second kappa shape index (κ2) is 55.6. The van der Waals surface area contributed by atoms with Gasteiger partial charge in [0.15, 0.2) is 0 Å². The fourth-order valence-corrected chi connectivity index (χ4v) is 9.50. The number of likely N-dealkylation sites (N-methyl/N-ethyl adjacent to an activating group) is 4. The molecule has 0 aliphatic rings. The number of amides is 9. The first-order chi connectivity index (χ1) is 46.0. The molecule has 0 spiro atoms. The summed E-state index contributed by atoms with van der Waals surface area (Å²) < 4.78 is 48.4. The van der Waals surface area contributed by atoms with E-state index in [1.807, 2.05) is 68.8 Å². The van der Waals surface area contributed by atoms with Crippen molar-refractivity contribution < 1.29 is 85.3 Å². The van der Waals surface area contributed by atoms with Gasteiger partial charge in [-0.3, -0.25) is 57.5 Å². The van der Waals surface area contributed by atoms with Crippen molar-refractivity contribution in [2.24, 2.45) is 23.7 Å². The summed E-state index contributed by atoms with van der Waals surface area (Å²) in [4.78, 5) is 175. The maximum Gasteiger partial charge on any atom is 0.243 e. The Morgan fingerprint density at radius 3 is 1.13 bits per heavy atom. The minimum Gasteiger partial charge on any atom is -0.382 e. The lowest BCUT2D eigenvalue weighted by atomic mass is 9.91. The highest BCUT2D eigenvalue weighted by atomic mass is 19.1. The van der Waals surface area contributed by atoms with Gasteiger partial charge in [-0.2, -0.15) is 0 Å². The molecule has 31 heteroatoms. The van der Waals surface area contributed by atoms with Crippen molar-refractivity contribution in [2.75, 3.05) is 181 Å². The fourth-order valence-electron chi connectivity index (χ4n) is 9.50. The Hall–Kier alpha value is -6.22. The Bertz CT molecular complexity index is 2330. The quantitative estimate of drug-likeness (QED) is 0.0358. The van der Waals surface area contributed by atoms with Gasteiger partial charge in [-0.05, 0) is 88.2 Å². The Balaban J connectivity index is 7.42. The highest BCUT2D eigenvalue weighted by Gasteiger charge is 2.35. The molecule has 9 N–H and O–H groups in total. The maximum absolute atomic E-state index is 14.8. The average Bonchev–Trinajstić information content (AvgIpc) is 0.909. The number of carbonyl (C=O) groups excluding carboxylic acids is 12. The average molecular weight is 1390 g/mol. The van der Waals surface area contributed by atoms with Crippen LogP contribution in [-0.2, 0) is 76.5 Å². The smallest absolute Gasteiger partial charge is 0.243 e. The van der Waals surface area contributed by atoms with Crippen LogP contribution < -0.4 is 47.9 Å². The van der Waals surface area contributed by atoms with Crippen molar-refractivity contribution in [3.8, 4) is 0 Å². The van der Waals surface area contributed by atoms with Crippen molar-refractivity contribution in [3.63, 3.8) is 0 Å². The normalized spacial score (nSPS) is 13.9. The van der Waals surface area contributed by atoms with Crippen LogP contribution in [0.2, 0.25) is 0 Å². The molecule has 0 aliphatic carbocycles. The number of nitrogens with one attached hydrogen (secondary N) is 9. The third-order valence-corrected chi connectivity index (χ3v) is 15.4. The highest BCUT2D eigenvalue weighted by Crippen LogP contribution is 2.19. The molecule has 0 bridgehead atoms. The van der Waals surface area contributed by atoms with E-state index >= 15 is 0 Å². The first-order valence-corrected chi connectivity index (χ1v) is 34.2. The van der Waals surface area contributed by atoms with Crippen LogP contribution >= 0.6 is 0 Å². The Labute approximate surface area is 574 Å². The van der Waals surface area contributed by atoms with Crippen LogP contribution in [0.25, 0.3) is 0 Å². The molecule has 9 amide bonds. The van der Waals surface area contributed by atoms with Gasteiger partial charge in [-0.25, -0.2) is 8.78 Å². The molecule has 0 aliphatic heterocycles. The number of nitrogens with zero attached hydrogens (tertiary/aromatic N) is 4. The van der Waals surface area contributed by atoms with Gasteiger partial charge >= 0.3 is 0 Å². The summed E-state index contributed by atoms with van der Waals surface area (Å²) in [5.41, 5.74) is 0. The van der Waals surface area contributed by atoms with Gasteiger partial charge in [0.2, 0.25) is 53.2 Å². The number of ketones is 3. The molecule has 0 heterocycles. The van der Waals surface area contributed by atoms with Gasteiger partial charge < -0.3 is 86.4 Å². The number of carbonyl (C=O) groups is 12. The summed E-state index contributed by atoms with van der Waals surface area (Å²) in [6, 6.07) is -3.42. The Morgan fingerprint density at radius 2 is 0.711 bits per heavy atom. The first-order valence-electron chi connectivity index (χ1n) is 34.2. The second-order valence-corrected chi connectivity index (χ2v) is 25.4. The minimum absolute atomic E-state index is 0.00351. The predicted molar refractivity (Wildman–Crippen MR) is 363 cm³/mol. The van der Waals surface area contributed by atoms with E-state index in [-0.39, 0.29) is 111 Å². The van der Waals surface area contributed by atoms with Crippen molar-refractivity contribution in [2.45, 2.75) is 148 Å². The van der Waals surface area contributed by atoms with Crippen molar-refractivity contribution in [1.29, 1.82) is 0 Å². The highest BCUT2D eigenvalue weighted by molar-refractivity contribution is 5.99. The number of alkyl halides is 2. The summed E-state index contributed by atoms with van der Waals surface area (Å²) in [5, 5.41) is 23.9. The molecule has 0 rings (SSSR count). The van der Waals surface area contributed by atoms with E-state index in [0.717, 1.165) is 19.5 Å². The Kier molecular flexibility index (Phi) is 52.1. The predicted octanol–water partition coefficient (Wildman–Crippen LogP) is -0.138. The van der Waals surface area contributed by atoms with Gasteiger partial charge in [0.05, 0.1) is 69.7 Å². The number of rotatable bonds is 61. The number of methoxy groups -OCH3 is 2. The third-order valence-electron chi connectivity index (χ3n) is 15.4. The van der Waals surface area contributed by atoms with Crippen LogP contribution in [0.3, 0.4) is 0 Å². The van der Waals surface area contributed by atoms with Crippen LogP contribution in [0.4, 0.5) is 8.78 Å². The van der Waals surface area contributed by atoms with Gasteiger partial charge in [0.1, 0.15) is 29.4 Å². The van der Waals surface area contributed by atoms with Crippen LogP contribution in [0.15, 0.2) is 0 Å². The summed E-state index contributed by atoms with van der Waals surface area (Å²) >= 11 is 0. The van der Waals surface area contributed by atoms with E-state index < -0.39 is 164 Å². The van der Waals surface area contributed by atoms with Gasteiger partial charge in [0, 0.05) is 163 Å². The van der Waals surface area contributed by atoms with Crippen LogP contribution in [0, 0.1) is 23.7 Å². The van der Waals surface area contributed by atoms with Gasteiger partial charge in [-0.1, -0.05) is 20.3 Å². The molecule has 8 unspecified atom stereocenters. The topological polar surface area (TPSA) is 363 Å². The summed E-state index contributed by atoms with van der Waals surface area (Å²) in [6.45, 7) is 11.8. The van der Waals surface area contributed by atoms with E-state index in [9.17, 15) is 66.3 Å². The van der Waals surface area contributed by atoms with E-state index in [2.05, 4.69) is 47.9 Å². The maximum atomic E-state index is 14.8. The first kappa shape index (κ1) is 90.8. The van der Waals surface area contributed by atoms with Crippen LogP contribution in [0.1, 0.15) is 124 Å². The summed E-state index contributed by atoms with van der Waals surface area (Å²) in [6.07, 6.45) is -6.09. The molecule has 0 aromatic carbocycles.